The summed E-state index contributed by atoms with van der Waals surface area (Å²) in [7, 11) is 0. The lowest BCUT2D eigenvalue weighted by molar-refractivity contribution is -0.129. The molecule has 0 unspecified atom stereocenters. The summed E-state index contributed by atoms with van der Waals surface area (Å²) in [6.45, 7) is 0.186. The van der Waals surface area contributed by atoms with Crippen molar-refractivity contribution in [2.75, 3.05) is 0 Å². The van der Waals surface area contributed by atoms with E-state index in [0.717, 1.165) is 0 Å². The minimum absolute atomic E-state index is 0.186. The highest BCUT2D eigenvalue weighted by Gasteiger charge is 2.37. The van der Waals surface area contributed by atoms with Gasteiger partial charge in [-0.25, -0.2) is 13.8 Å². The van der Waals surface area contributed by atoms with E-state index < -0.39 is 5.92 Å². The number of rotatable bonds is 4. The third-order valence-corrected chi connectivity index (χ3v) is 3.94. The van der Waals surface area contributed by atoms with Crippen LogP contribution in [0, 0.1) is 5.92 Å². The number of carbonyl (C=O) groups is 1. The Labute approximate surface area is 131 Å². The lowest BCUT2D eigenvalue weighted by Crippen LogP contribution is -2.35. The van der Waals surface area contributed by atoms with Crippen LogP contribution in [0.5, 0.6) is 0 Å². The van der Waals surface area contributed by atoms with Crippen LogP contribution in [-0.4, -0.2) is 32.0 Å². The lowest BCUT2D eigenvalue weighted by Gasteiger charge is -2.27. The van der Waals surface area contributed by atoms with Crippen molar-refractivity contribution in [3.05, 3.63) is 30.2 Å². The van der Waals surface area contributed by atoms with E-state index in [1.807, 2.05) is 6.07 Å². The molecule has 2 N–H and O–H groups in total. The summed E-state index contributed by atoms with van der Waals surface area (Å²) in [6.07, 6.45) is 1.63. The van der Waals surface area contributed by atoms with E-state index in [-0.39, 0.29) is 44.1 Å². The van der Waals surface area contributed by atoms with Gasteiger partial charge in [0.25, 0.3) is 0 Å². The summed E-state index contributed by atoms with van der Waals surface area (Å²) < 4.78 is 26.2. The molecule has 0 aliphatic heterocycles. The minimum atomic E-state index is -2.63. The van der Waals surface area contributed by atoms with Gasteiger partial charge in [0, 0.05) is 25.0 Å². The Hall–Kier alpha value is -2.38. The van der Waals surface area contributed by atoms with Crippen molar-refractivity contribution >= 4 is 5.91 Å². The first-order valence-electron chi connectivity index (χ1n) is 7.52. The molecule has 1 amide bonds. The molecule has 1 aliphatic rings. The van der Waals surface area contributed by atoms with E-state index in [4.69, 9.17) is 0 Å². The number of alkyl halides is 2. The van der Waals surface area contributed by atoms with Crippen molar-refractivity contribution in [3.63, 3.8) is 0 Å². The number of aromatic amines is 1. The molecule has 122 valence electrons. The van der Waals surface area contributed by atoms with Crippen molar-refractivity contribution in [3.8, 4) is 11.5 Å². The number of pyridine rings is 1. The number of nitrogens with one attached hydrogen (secondary N) is 2. The molecule has 0 spiro atoms. The van der Waals surface area contributed by atoms with Crippen molar-refractivity contribution in [1.29, 1.82) is 0 Å². The highest BCUT2D eigenvalue weighted by molar-refractivity contribution is 5.78. The number of nitrogens with zero attached hydrogens (tertiary/aromatic N) is 3. The van der Waals surface area contributed by atoms with Gasteiger partial charge in [-0.2, -0.15) is 5.10 Å². The van der Waals surface area contributed by atoms with Gasteiger partial charge in [0.2, 0.25) is 11.8 Å². The number of hydrogen-bond acceptors (Lipinski definition) is 4. The molecule has 1 aliphatic carbocycles. The molecule has 2 aromatic rings. The quantitative estimate of drug-likeness (QED) is 0.905. The van der Waals surface area contributed by atoms with Crippen molar-refractivity contribution in [2.45, 2.75) is 38.2 Å². The topological polar surface area (TPSA) is 83.6 Å². The molecule has 0 atom stereocenters. The average Bonchev–Trinajstić information content (AvgIpc) is 3.02. The zero-order valence-electron chi connectivity index (χ0n) is 12.4. The highest BCUT2D eigenvalue weighted by atomic mass is 19.3. The Kier molecular flexibility index (Phi) is 4.31. The van der Waals surface area contributed by atoms with Gasteiger partial charge in [-0.05, 0) is 25.0 Å². The van der Waals surface area contributed by atoms with Crippen LogP contribution in [0.15, 0.2) is 24.4 Å². The van der Waals surface area contributed by atoms with E-state index in [1.54, 1.807) is 18.3 Å². The zero-order chi connectivity index (χ0) is 16.3. The number of halogens is 2. The van der Waals surface area contributed by atoms with Crippen LogP contribution in [0.25, 0.3) is 11.5 Å². The van der Waals surface area contributed by atoms with Crippen LogP contribution in [0.1, 0.15) is 31.5 Å². The van der Waals surface area contributed by atoms with E-state index in [2.05, 4.69) is 25.5 Å². The second-order valence-electron chi connectivity index (χ2n) is 5.67. The molecule has 23 heavy (non-hydrogen) atoms. The average molecular weight is 321 g/mol. The van der Waals surface area contributed by atoms with Gasteiger partial charge in [-0.15, -0.1) is 0 Å². The normalized spacial score (nSPS) is 17.8. The van der Waals surface area contributed by atoms with Crippen molar-refractivity contribution in [2.24, 2.45) is 5.92 Å². The molecule has 2 aromatic heterocycles. The highest BCUT2D eigenvalue weighted by Crippen LogP contribution is 2.36. The minimum Gasteiger partial charge on any atom is -0.349 e. The Morgan fingerprint density at radius 1 is 1.35 bits per heavy atom. The smallest absolute Gasteiger partial charge is 0.248 e. The van der Waals surface area contributed by atoms with Gasteiger partial charge in [0.15, 0.2) is 5.82 Å². The van der Waals surface area contributed by atoms with Crippen LogP contribution in [0.4, 0.5) is 8.78 Å². The molecule has 6 nitrogen and oxygen atoms in total. The van der Waals surface area contributed by atoms with Crippen molar-refractivity contribution in [1.82, 2.24) is 25.5 Å². The molecule has 0 aromatic carbocycles. The second kappa shape index (κ2) is 6.39. The summed E-state index contributed by atoms with van der Waals surface area (Å²) >= 11 is 0. The first-order valence-corrected chi connectivity index (χ1v) is 7.52. The Balaban J connectivity index is 1.53. The lowest BCUT2D eigenvalue weighted by atomic mass is 9.86. The fourth-order valence-corrected chi connectivity index (χ4v) is 2.60. The van der Waals surface area contributed by atoms with Crippen LogP contribution in [0.2, 0.25) is 0 Å². The maximum Gasteiger partial charge on any atom is 0.248 e. The summed E-state index contributed by atoms with van der Waals surface area (Å²) in [5.41, 5.74) is 0.635. The van der Waals surface area contributed by atoms with Gasteiger partial charge < -0.3 is 5.32 Å². The first kappa shape index (κ1) is 15.5. The Bertz CT molecular complexity index is 664. The van der Waals surface area contributed by atoms with Gasteiger partial charge in [0.1, 0.15) is 11.5 Å². The summed E-state index contributed by atoms with van der Waals surface area (Å²) in [5.74, 6) is -2.24. The predicted molar refractivity (Wildman–Crippen MR) is 78.4 cm³/mol. The Morgan fingerprint density at radius 3 is 2.83 bits per heavy atom. The standard InChI is InChI=1S/C15H17F2N5O/c16-15(17)6-4-10(5-7-15)14(23)19-9-12-20-13(22-21-12)11-3-1-2-8-18-11/h1-3,8,10H,4-7,9H2,(H,19,23)(H,20,21,22). The zero-order valence-corrected chi connectivity index (χ0v) is 12.4. The molecule has 3 rings (SSSR count). The predicted octanol–water partition coefficient (Wildman–Crippen LogP) is 2.31. The fraction of sp³-hybridized carbons (Fsp3) is 0.467. The van der Waals surface area contributed by atoms with Gasteiger partial charge in [-0.3, -0.25) is 14.9 Å². The van der Waals surface area contributed by atoms with E-state index in [9.17, 15) is 13.6 Å². The maximum absolute atomic E-state index is 13.1. The van der Waals surface area contributed by atoms with Crippen LogP contribution in [-0.2, 0) is 11.3 Å². The summed E-state index contributed by atoms with van der Waals surface area (Å²) in [6, 6.07) is 5.41. The van der Waals surface area contributed by atoms with Gasteiger partial charge >= 0.3 is 0 Å². The molecule has 1 saturated carbocycles. The number of amides is 1. The van der Waals surface area contributed by atoms with Crippen LogP contribution >= 0.6 is 0 Å². The maximum atomic E-state index is 13.1. The second-order valence-corrected chi connectivity index (χ2v) is 5.67. The number of aromatic nitrogens is 4. The molecule has 0 bridgehead atoms. The molecule has 1 fully saturated rings. The first-order chi connectivity index (χ1) is 11.0. The van der Waals surface area contributed by atoms with E-state index in [1.165, 1.54) is 0 Å². The number of H-pyrrole nitrogens is 1. The summed E-state index contributed by atoms with van der Waals surface area (Å²) in [4.78, 5) is 20.4. The van der Waals surface area contributed by atoms with Crippen molar-refractivity contribution < 1.29 is 13.6 Å². The van der Waals surface area contributed by atoms with Crippen LogP contribution in [0.3, 0.4) is 0 Å². The molecular weight excluding hydrogens is 304 g/mol. The van der Waals surface area contributed by atoms with E-state index in [0.29, 0.717) is 17.3 Å². The third kappa shape index (κ3) is 3.88. The monoisotopic (exact) mass is 321 g/mol. The van der Waals surface area contributed by atoms with E-state index >= 15 is 0 Å². The SMILES string of the molecule is O=C(NCc1nc(-c2ccccn2)n[nH]1)C1CCC(F)(F)CC1. The molecular formula is C15H17F2N5O. The molecule has 0 radical (unpaired) electrons. The molecule has 8 heteroatoms. The van der Waals surface area contributed by atoms with Gasteiger partial charge in [-0.1, -0.05) is 6.07 Å². The number of carbonyl (C=O) groups excluding carboxylic acids is 1. The third-order valence-electron chi connectivity index (χ3n) is 3.94. The number of hydrogen-bond donors (Lipinski definition) is 2. The summed E-state index contributed by atoms with van der Waals surface area (Å²) in [5, 5.41) is 9.51. The van der Waals surface area contributed by atoms with Gasteiger partial charge in [0.05, 0.1) is 6.54 Å². The largest absolute Gasteiger partial charge is 0.349 e. The molecule has 2 heterocycles. The fourth-order valence-electron chi connectivity index (χ4n) is 2.60. The van der Waals surface area contributed by atoms with Crippen LogP contribution < -0.4 is 5.32 Å². The molecule has 0 saturated heterocycles. The Morgan fingerprint density at radius 2 is 2.13 bits per heavy atom.